The predicted octanol–water partition coefficient (Wildman–Crippen LogP) is 0.154. The molecule has 0 saturated heterocycles. The van der Waals surface area contributed by atoms with Gasteiger partial charge in [0.1, 0.15) is 0 Å². The van der Waals surface area contributed by atoms with Gasteiger partial charge < -0.3 is 9.79 Å². The van der Waals surface area contributed by atoms with Crippen LogP contribution in [0.1, 0.15) is 0 Å². The Morgan fingerprint density at radius 2 is 0.441 bits per heavy atom. The molecule has 0 rings (SSSR count). The summed E-state index contributed by atoms with van der Waals surface area (Å²) >= 11 is 0. The van der Waals surface area contributed by atoms with Crippen LogP contribution in [0.15, 0.2) is 0 Å². The van der Waals surface area contributed by atoms with Crippen molar-refractivity contribution in [1.29, 1.82) is 0 Å². The number of halogens is 6. The Balaban J connectivity index is -0.0000000501. The van der Waals surface area contributed by atoms with Crippen LogP contribution in [0.4, 0.5) is 25.2 Å². The Kier molecular flexibility index (Phi) is 34.8. The molecule has 1 unspecified atom stereocenters. The lowest BCUT2D eigenvalue weighted by Crippen LogP contribution is -1.89. The molecule has 0 saturated carbocycles. The average molecular weight is 676 g/mol. The molecule has 0 fully saturated rings. The first kappa shape index (κ1) is 51.5. The van der Waals surface area contributed by atoms with E-state index >= 15 is 0 Å². The highest BCUT2D eigenvalue weighted by atomic mass is 32.2. The van der Waals surface area contributed by atoms with Crippen molar-refractivity contribution in [3.63, 3.8) is 0 Å². The molecule has 0 amide bonds. The smallest absolute Gasteiger partial charge is 0.507 e. The minimum Gasteiger partial charge on any atom is -0.753 e. The highest BCUT2D eigenvalue weighted by Gasteiger charge is 2.06. The van der Waals surface area contributed by atoms with Crippen molar-refractivity contribution in [3.8, 4) is 0 Å². The zero-order valence-corrected chi connectivity index (χ0v) is 22.3. The van der Waals surface area contributed by atoms with E-state index in [1.807, 2.05) is 0 Å². The van der Waals surface area contributed by atoms with Gasteiger partial charge in [0.25, 0.3) is 0 Å². The second-order valence-electron chi connectivity index (χ2n) is 4.04. The summed E-state index contributed by atoms with van der Waals surface area (Å²) in [6.45, 7) is 0. The van der Waals surface area contributed by atoms with E-state index in [4.69, 9.17) is 86.1 Å². The van der Waals surface area contributed by atoms with E-state index in [1.54, 1.807) is 0 Å². The summed E-state index contributed by atoms with van der Waals surface area (Å²) in [5, 5.41) is 0. The molecule has 11 N–H and O–H groups in total. The van der Waals surface area contributed by atoms with Crippen molar-refractivity contribution in [2.45, 2.75) is 0 Å². The van der Waals surface area contributed by atoms with E-state index < -0.39 is 47.4 Å². The third-order valence-corrected chi connectivity index (χ3v) is 0. The summed E-state index contributed by atoms with van der Waals surface area (Å²) in [5.74, 6) is 0. The monoisotopic (exact) mass is 676 g/mol. The summed E-state index contributed by atoms with van der Waals surface area (Å²) in [6.07, 6.45) is 6.58. The van der Waals surface area contributed by atoms with E-state index in [1.165, 1.54) is 0 Å². The molecule has 0 radical (unpaired) electrons. The molecular weight excluding hydrogens is 656 g/mol. The van der Waals surface area contributed by atoms with Gasteiger partial charge in [-0.1, -0.05) is 0 Å². The van der Waals surface area contributed by atoms with E-state index in [0.717, 1.165) is 0 Å². The molecule has 18 nitrogen and oxygen atoms in total. The van der Waals surface area contributed by atoms with Gasteiger partial charge in [0.2, 0.25) is 0 Å². The summed E-state index contributed by atoms with van der Waals surface area (Å²) in [5.41, 5.74) is 0. The molecule has 0 aliphatic carbocycles. The largest absolute Gasteiger partial charge is 0.753 e. The molecule has 31 heteroatoms. The van der Waals surface area contributed by atoms with Gasteiger partial charge >= 0.3 is 47.4 Å². The fourth-order valence-electron chi connectivity index (χ4n) is 0. The van der Waals surface area contributed by atoms with E-state index in [9.17, 15) is 25.2 Å². The Morgan fingerprint density at radius 3 is 0.441 bits per heavy atom. The molecule has 0 bridgehead atoms. The third kappa shape index (κ3) is 48300. The Bertz CT molecular complexity index is 534. The topological polar surface area (TPSA) is 348 Å². The van der Waals surface area contributed by atoms with Crippen molar-refractivity contribution >= 4 is 58.3 Å². The lowest BCUT2D eigenvalue weighted by molar-refractivity contribution is -0.206. The average Bonchev–Trinajstić information content (AvgIpc) is 2.08. The van der Waals surface area contributed by atoms with Crippen LogP contribution in [0.5, 0.6) is 0 Å². The molecule has 0 spiro atoms. The maximum absolute atomic E-state index is 10.4. The maximum Gasteiger partial charge on any atom is 0.507 e. The van der Waals surface area contributed by atoms with Crippen molar-refractivity contribution in [1.82, 2.24) is 0 Å². The minimum atomic E-state index is -5.39. The third-order valence-electron chi connectivity index (χ3n) is 0. The van der Waals surface area contributed by atoms with Crippen molar-refractivity contribution in [2.24, 2.45) is 0 Å². The fourth-order valence-corrected chi connectivity index (χ4v) is 0. The Morgan fingerprint density at radius 1 is 0.441 bits per heavy atom. The number of hydrogen-bond donors (Lipinski definition) is 11. The van der Waals surface area contributed by atoms with E-state index in [-0.39, 0.29) is 0 Å². The van der Waals surface area contributed by atoms with Gasteiger partial charge in [-0.2, -0.15) is 4.20 Å². The first-order valence-electron chi connectivity index (χ1n) is 5.72. The summed E-state index contributed by atoms with van der Waals surface area (Å²) in [7, 11) is -30.4. The number of hydrogen-bond acceptors (Lipinski definition) is 7. The number of rotatable bonds is 0. The molecule has 1 atom stereocenters. The second kappa shape index (κ2) is 23.0. The van der Waals surface area contributed by atoms with Crippen LogP contribution in [-0.4, -0.2) is 72.6 Å². The molecule has 0 aromatic rings. The lowest BCUT2D eigenvalue weighted by atomic mass is 11.9. The van der Waals surface area contributed by atoms with Crippen molar-refractivity contribution in [2.75, 3.05) is 18.8 Å². The minimum absolute atomic E-state index is 0.639. The van der Waals surface area contributed by atoms with Crippen LogP contribution in [0.3, 0.4) is 0 Å². The quantitative estimate of drug-likeness (QED) is 0.0924. The second-order valence-corrected chi connectivity index (χ2v) is 12.1. The van der Waals surface area contributed by atoms with Gasteiger partial charge in [0.15, 0.2) is 0 Å². The van der Waals surface area contributed by atoms with Crippen LogP contribution in [0, 0.1) is 0 Å². The highest BCUT2D eigenvalue weighted by molar-refractivity contribution is 7.94. The molecule has 0 aliphatic rings. The molecule has 0 aromatic carbocycles. The highest BCUT2D eigenvalue weighted by Crippen LogP contribution is 2.36. The van der Waals surface area contributed by atoms with Gasteiger partial charge in [0, 0.05) is 0 Å². The first-order chi connectivity index (χ1) is 13.7. The molecule has 218 valence electrons. The van der Waals surface area contributed by atoms with Crippen molar-refractivity contribution in [3.05, 3.63) is 0 Å². The van der Waals surface area contributed by atoms with Crippen LogP contribution in [0.2, 0.25) is 0 Å². The summed E-state index contributed by atoms with van der Waals surface area (Å²) in [4.78, 5) is 85.1. The van der Waals surface area contributed by atoms with Gasteiger partial charge in [-0.05, 0) is 10.9 Å². The van der Waals surface area contributed by atoms with Gasteiger partial charge in [-0.15, -0.1) is 21.0 Å². The molecule has 0 aromatic heterocycles. The Labute approximate surface area is 189 Å². The van der Waals surface area contributed by atoms with Gasteiger partial charge in [-0.3, -0.25) is 53.5 Å². The molecular formula is C3H20F6O18P6S. The summed E-state index contributed by atoms with van der Waals surface area (Å²) in [6, 6.07) is 0. The molecule has 34 heavy (non-hydrogen) atoms. The van der Waals surface area contributed by atoms with Crippen LogP contribution >= 0.6 is 47.4 Å². The zero-order chi connectivity index (χ0) is 30.6. The van der Waals surface area contributed by atoms with Gasteiger partial charge in [-0.25, -0.2) is 22.8 Å². The van der Waals surface area contributed by atoms with Crippen LogP contribution in [0.25, 0.3) is 0 Å². The van der Waals surface area contributed by atoms with Crippen molar-refractivity contribution < 1.29 is 111 Å². The van der Waals surface area contributed by atoms with Gasteiger partial charge in [0.05, 0.1) is 18.8 Å². The standard InChI is InChI=1S/C3H9S.6FH2O3P/c1-4(2)3;6*1-5(2,3)4/h1-3H3;6*(H2,2,3,4)/q+1;;;;;;/p-1. The van der Waals surface area contributed by atoms with Crippen LogP contribution < -0.4 is 4.89 Å². The van der Waals surface area contributed by atoms with E-state index in [2.05, 4.69) is 18.8 Å². The molecule has 0 heterocycles. The SMILES string of the molecule is C[S+](C)C.O=P(O)(O)F.O=P(O)(O)F.O=P(O)(O)F.O=P(O)(O)F.O=P(O)(O)F.O=P([O-])(O)F. The predicted molar refractivity (Wildman–Crippen MR) is 102 cm³/mol. The first-order valence-corrected chi connectivity index (χ1v) is 17.2. The zero-order valence-electron chi connectivity index (χ0n) is 16.1. The van der Waals surface area contributed by atoms with Crippen LogP contribution in [-0.2, 0) is 38.3 Å². The maximum atomic E-state index is 10.4. The lowest BCUT2D eigenvalue weighted by Gasteiger charge is -1.97. The molecule has 0 aliphatic heterocycles. The van der Waals surface area contributed by atoms with E-state index in [0.29, 0.717) is 10.9 Å². The summed E-state index contributed by atoms with van der Waals surface area (Å²) < 4.78 is 114. The fraction of sp³-hybridized carbons (Fsp3) is 1.00. The normalized spacial score (nSPS) is 12.9. The Hall–Kier alpha value is 0.830.